The number of aliphatic hydroxyl groups is 1. The Morgan fingerprint density at radius 3 is 2.57 bits per heavy atom. The lowest BCUT2D eigenvalue weighted by Gasteiger charge is -2.28. The van der Waals surface area contributed by atoms with Crippen molar-refractivity contribution in [2.24, 2.45) is 11.8 Å². The molecule has 1 heterocycles. The Balaban J connectivity index is 2.21. The van der Waals surface area contributed by atoms with Crippen LogP contribution in [0.25, 0.3) is 0 Å². The van der Waals surface area contributed by atoms with E-state index in [0.717, 1.165) is 32.4 Å². The Bertz CT molecular complexity index is 143. The Hall–Kier alpha value is -0.0800. The molecule has 2 N–H and O–H groups in total. The van der Waals surface area contributed by atoms with Crippen molar-refractivity contribution in [3.63, 3.8) is 0 Å². The molecule has 2 unspecified atom stereocenters. The van der Waals surface area contributed by atoms with Crippen LogP contribution in [-0.4, -0.2) is 24.3 Å². The zero-order chi connectivity index (χ0) is 10.4. The third-order valence-electron chi connectivity index (χ3n) is 3.35. The van der Waals surface area contributed by atoms with E-state index in [2.05, 4.69) is 19.2 Å². The van der Waals surface area contributed by atoms with E-state index in [1.54, 1.807) is 0 Å². The van der Waals surface area contributed by atoms with Crippen molar-refractivity contribution >= 4 is 0 Å². The van der Waals surface area contributed by atoms with Gasteiger partial charge in [0, 0.05) is 0 Å². The average Bonchev–Trinajstić information content (AvgIpc) is 2.19. The molecule has 1 rings (SSSR count). The fourth-order valence-electron chi connectivity index (χ4n) is 2.44. The van der Waals surface area contributed by atoms with Gasteiger partial charge in [-0.3, -0.25) is 0 Å². The number of piperidine rings is 1. The lowest BCUT2D eigenvalue weighted by molar-refractivity contribution is 0.0666. The molecule has 1 saturated heterocycles. The van der Waals surface area contributed by atoms with Gasteiger partial charge in [0.05, 0.1) is 6.10 Å². The summed E-state index contributed by atoms with van der Waals surface area (Å²) >= 11 is 0. The number of nitrogens with one attached hydrogen (secondary N) is 1. The highest BCUT2D eigenvalue weighted by molar-refractivity contribution is 4.76. The van der Waals surface area contributed by atoms with Crippen molar-refractivity contribution in [3.8, 4) is 0 Å². The Morgan fingerprint density at radius 1 is 1.36 bits per heavy atom. The number of hydrogen-bond donors (Lipinski definition) is 2. The highest BCUT2D eigenvalue weighted by Gasteiger charge is 2.22. The lowest BCUT2D eigenvalue weighted by Crippen LogP contribution is -2.34. The van der Waals surface area contributed by atoms with Crippen molar-refractivity contribution in [3.05, 3.63) is 0 Å². The zero-order valence-electron chi connectivity index (χ0n) is 9.63. The van der Waals surface area contributed by atoms with Crippen LogP contribution in [0.1, 0.15) is 46.0 Å². The van der Waals surface area contributed by atoms with Crippen LogP contribution in [0.3, 0.4) is 0 Å². The summed E-state index contributed by atoms with van der Waals surface area (Å²) in [6.07, 6.45) is 5.74. The monoisotopic (exact) mass is 199 g/mol. The minimum absolute atomic E-state index is 0.0568. The van der Waals surface area contributed by atoms with Crippen LogP contribution in [0.5, 0.6) is 0 Å². The molecule has 0 aromatic rings. The Labute approximate surface area is 88.1 Å². The third-order valence-corrected chi connectivity index (χ3v) is 3.35. The van der Waals surface area contributed by atoms with Crippen LogP contribution >= 0.6 is 0 Å². The Kier molecular flexibility index (Phi) is 5.49. The van der Waals surface area contributed by atoms with Crippen LogP contribution in [0.15, 0.2) is 0 Å². The number of hydrogen-bond acceptors (Lipinski definition) is 2. The minimum atomic E-state index is -0.0568. The molecule has 0 saturated carbocycles. The highest BCUT2D eigenvalue weighted by Crippen LogP contribution is 2.23. The molecule has 2 heteroatoms. The van der Waals surface area contributed by atoms with Crippen LogP contribution in [0.2, 0.25) is 0 Å². The normalized spacial score (nSPS) is 23.4. The topological polar surface area (TPSA) is 32.3 Å². The first-order valence-electron chi connectivity index (χ1n) is 6.12. The van der Waals surface area contributed by atoms with Gasteiger partial charge in [0.2, 0.25) is 0 Å². The first kappa shape index (κ1) is 12.0. The van der Waals surface area contributed by atoms with Crippen molar-refractivity contribution in [1.29, 1.82) is 0 Å². The van der Waals surface area contributed by atoms with Crippen molar-refractivity contribution in [2.75, 3.05) is 13.1 Å². The SMILES string of the molecule is CCCC(C)CC(O)C1CCNCC1. The van der Waals surface area contributed by atoms with E-state index in [1.807, 2.05) is 0 Å². The predicted octanol–water partition coefficient (Wildman–Crippen LogP) is 2.17. The van der Waals surface area contributed by atoms with Gasteiger partial charge in [0.25, 0.3) is 0 Å². The summed E-state index contributed by atoms with van der Waals surface area (Å²) in [6.45, 7) is 6.65. The molecule has 14 heavy (non-hydrogen) atoms. The third kappa shape index (κ3) is 3.97. The second-order valence-electron chi connectivity index (χ2n) is 4.78. The summed E-state index contributed by atoms with van der Waals surface area (Å²) in [5, 5.41) is 13.4. The molecule has 0 aromatic carbocycles. The second kappa shape index (κ2) is 6.41. The van der Waals surface area contributed by atoms with E-state index in [1.165, 1.54) is 12.8 Å². The van der Waals surface area contributed by atoms with E-state index >= 15 is 0 Å². The van der Waals surface area contributed by atoms with Gasteiger partial charge in [0.15, 0.2) is 0 Å². The van der Waals surface area contributed by atoms with Crippen molar-refractivity contribution in [2.45, 2.75) is 52.1 Å². The molecule has 1 fully saturated rings. The quantitative estimate of drug-likeness (QED) is 0.711. The highest BCUT2D eigenvalue weighted by atomic mass is 16.3. The van der Waals surface area contributed by atoms with Crippen LogP contribution in [0.4, 0.5) is 0 Å². The molecule has 0 radical (unpaired) electrons. The van der Waals surface area contributed by atoms with E-state index < -0.39 is 0 Å². The van der Waals surface area contributed by atoms with E-state index in [9.17, 15) is 5.11 Å². The summed E-state index contributed by atoms with van der Waals surface area (Å²) in [6, 6.07) is 0. The summed E-state index contributed by atoms with van der Waals surface area (Å²) < 4.78 is 0. The van der Waals surface area contributed by atoms with Gasteiger partial charge in [-0.05, 0) is 44.2 Å². The summed E-state index contributed by atoms with van der Waals surface area (Å²) in [5.41, 5.74) is 0. The molecule has 84 valence electrons. The Morgan fingerprint density at radius 2 is 2.00 bits per heavy atom. The maximum absolute atomic E-state index is 10.0. The molecule has 0 aliphatic carbocycles. The molecular formula is C12H25NO. The van der Waals surface area contributed by atoms with E-state index in [4.69, 9.17) is 0 Å². The molecular weight excluding hydrogens is 174 g/mol. The van der Waals surface area contributed by atoms with Crippen LogP contribution in [0, 0.1) is 11.8 Å². The van der Waals surface area contributed by atoms with Gasteiger partial charge in [0.1, 0.15) is 0 Å². The van der Waals surface area contributed by atoms with Crippen LogP contribution in [-0.2, 0) is 0 Å². The van der Waals surface area contributed by atoms with Gasteiger partial charge >= 0.3 is 0 Å². The predicted molar refractivity (Wildman–Crippen MR) is 60.3 cm³/mol. The van der Waals surface area contributed by atoms with E-state index in [-0.39, 0.29) is 6.10 Å². The van der Waals surface area contributed by atoms with Gasteiger partial charge in [-0.2, -0.15) is 0 Å². The maximum atomic E-state index is 10.0. The molecule has 1 aliphatic heterocycles. The molecule has 1 aliphatic rings. The standard InChI is InChI=1S/C12H25NO/c1-3-4-10(2)9-12(14)11-5-7-13-8-6-11/h10-14H,3-9H2,1-2H3. The fraction of sp³-hybridized carbons (Fsp3) is 1.00. The van der Waals surface area contributed by atoms with Gasteiger partial charge < -0.3 is 10.4 Å². The summed E-state index contributed by atoms with van der Waals surface area (Å²) in [4.78, 5) is 0. The molecule has 0 bridgehead atoms. The molecule has 2 atom stereocenters. The van der Waals surface area contributed by atoms with Gasteiger partial charge in [-0.1, -0.05) is 26.7 Å². The second-order valence-corrected chi connectivity index (χ2v) is 4.78. The number of aliphatic hydroxyl groups excluding tert-OH is 1. The largest absolute Gasteiger partial charge is 0.393 e. The smallest absolute Gasteiger partial charge is 0.0571 e. The van der Waals surface area contributed by atoms with E-state index in [0.29, 0.717) is 11.8 Å². The van der Waals surface area contributed by atoms with Crippen LogP contribution < -0.4 is 5.32 Å². The minimum Gasteiger partial charge on any atom is -0.393 e. The zero-order valence-corrected chi connectivity index (χ0v) is 9.63. The molecule has 0 spiro atoms. The summed E-state index contributed by atoms with van der Waals surface area (Å²) in [5.74, 6) is 1.24. The van der Waals surface area contributed by atoms with Crippen molar-refractivity contribution < 1.29 is 5.11 Å². The first-order valence-corrected chi connectivity index (χ1v) is 6.12. The van der Waals surface area contributed by atoms with Gasteiger partial charge in [-0.15, -0.1) is 0 Å². The van der Waals surface area contributed by atoms with Crippen molar-refractivity contribution in [1.82, 2.24) is 5.32 Å². The summed E-state index contributed by atoms with van der Waals surface area (Å²) in [7, 11) is 0. The first-order chi connectivity index (χ1) is 6.74. The molecule has 0 amide bonds. The fourth-order valence-corrected chi connectivity index (χ4v) is 2.44. The number of rotatable bonds is 5. The van der Waals surface area contributed by atoms with Gasteiger partial charge in [-0.25, -0.2) is 0 Å². The lowest BCUT2D eigenvalue weighted by atomic mass is 9.86. The average molecular weight is 199 g/mol. The molecule has 0 aromatic heterocycles. The maximum Gasteiger partial charge on any atom is 0.0571 e. The molecule has 2 nitrogen and oxygen atoms in total.